The number of primary sulfonamides is 1. The molecule has 0 atom stereocenters. The summed E-state index contributed by atoms with van der Waals surface area (Å²) >= 11 is 0. The van der Waals surface area contributed by atoms with Gasteiger partial charge in [-0.1, -0.05) is 0 Å². The van der Waals surface area contributed by atoms with E-state index in [4.69, 9.17) is 5.14 Å². The summed E-state index contributed by atoms with van der Waals surface area (Å²) in [6.07, 6.45) is -2.82. The SMILES string of the molecule is NS(=O)(=O)c1ccc(NC(=O)CCOCC(F)F)cc1F. The minimum absolute atomic E-state index is 0.0127. The number of benzene rings is 1. The zero-order chi connectivity index (χ0) is 16.0. The van der Waals surface area contributed by atoms with Crippen LogP contribution in [0.2, 0.25) is 0 Å². The topological polar surface area (TPSA) is 98.5 Å². The molecule has 0 aliphatic heterocycles. The highest BCUT2D eigenvalue weighted by Gasteiger charge is 2.15. The predicted molar refractivity (Wildman–Crippen MR) is 67.8 cm³/mol. The lowest BCUT2D eigenvalue weighted by Gasteiger charge is -2.07. The first kappa shape index (κ1) is 17.4. The van der Waals surface area contributed by atoms with Crippen LogP contribution in [0.15, 0.2) is 23.1 Å². The first-order valence-electron chi connectivity index (χ1n) is 5.68. The molecule has 0 saturated heterocycles. The summed E-state index contributed by atoms with van der Waals surface area (Å²) in [5.74, 6) is -1.70. The molecule has 1 rings (SSSR count). The Bertz CT molecular complexity index is 607. The number of nitrogens with two attached hydrogens (primary N) is 1. The largest absolute Gasteiger partial charge is 0.375 e. The summed E-state index contributed by atoms with van der Waals surface area (Å²) in [5, 5.41) is 7.05. The molecule has 1 aromatic rings. The zero-order valence-corrected chi connectivity index (χ0v) is 11.5. The molecule has 0 bridgehead atoms. The molecule has 3 N–H and O–H groups in total. The number of sulfonamides is 1. The Hall–Kier alpha value is -1.65. The smallest absolute Gasteiger partial charge is 0.261 e. The minimum Gasteiger partial charge on any atom is -0.375 e. The Labute approximate surface area is 119 Å². The van der Waals surface area contributed by atoms with Crippen LogP contribution in [0.4, 0.5) is 18.9 Å². The molecule has 0 aliphatic rings. The number of hydrogen-bond donors (Lipinski definition) is 2. The molecule has 21 heavy (non-hydrogen) atoms. The van der Waals surface area contributed by atoms with Crippen molar-refractivity contribution in [2.45, 2.75) is 17.7 Å². The molecule has 0 fully saturated rings. The Morgan fingerprint density at radius 3 is 2.57 bits per heavy atom. The van der Waals surface area contributed by atoms with Crippen molar-refractivity contribution in [1.29, 1.82) is 0 Å². The quantitative estimate of drug-likeness (QED) is 0.733. The summed E-state index contributed by atoms with van der Waals surface area (Å²) < 4.78 is 63.5. The summed E-state index contributed by atoms with van der Waals surface area (Å²) in [6.45, 7) is -0.987. The van der Waals surface area contributed by atoms with Crippen molar-refractivity contribution >= 4 is 21.6 Å². The average Bonchev–Trinajstić information content (AvgIpc) is 2.33. The van der Waals surface area contributed by atoms with Gasteiger partial charge in [0.2, 0.25) is 15.9 Å². The number of anilines is 1. The lowest BCUT2D eigenvalue weighted by molar-refractivity contribution is -0.117. The number of amides is 1. The molecule has 0 aromatic heterocycles. The molecule has 0 saturated carbocycles. The molecule has 10 heteroatoms. The van der Waals surface area contributed by atoms with E-state index < -0.39 is 39.7 Å². The molecule has 118 valence electrons. The summed E-state index contributed by atoms with van der Waals surface area (Å²) in [4.78, 5) is 10.7. The number of halogens is 3. The molecular weight excluding hydrogens is 313 g/mol. The highest BCUT2D eigenvalue weighted by molar-refractivity contribution is 7.89. The van der Waals surface area contributed by atoms with Crippen LogP contribution in [0.1, 0.15) is 6.42 Å². The van der Waals surface area contributed by atoms with Crippen LogP contribution in [0.25, 0.3) is 0 Å². The van der Waals surface area contributed by atoms with Crippen molar-refractivity contribution < 1.29 is 31.1 Å². The van der Waals surface area contributed by atoms with Gasteiger partial charge in [0.05, 0.1) is 13.0 Å². The maximum atomic E-state index is 13.5. The Kier molecular flexibility index (Phi) is 6.12. The van der Waals surface area contributed by atoms with Crippen LogP contribution >= 0.6 is 0 Å². The van der Waals surface area contributed by atoms with Crippen LogP contribution in [-0.4, -0.2) is 34.0 Å². The van der Waals surface area contributed by atoms with Gasteiger partial charge >= 0.3 is 0 Å². The van der Waals surface area contributed by atoms with Gasteiger partial charge in [0.15, 0.2) is 0 Å². The van der Waals surface area contributed by atoms with Crippen molar-refractivity contribution in [3.05, 3.63) is 24.0 Å². The normalized spacial score (nSPS) is 11.7. The maximum Gasteiger partial charge on any atom is 0.261 e. The van der Waals surface area contributed by atoms with Crippen molar-refractivity contribution in [1.82, 2.24) is 0 Å². The minimum atomic E-state index is -4.18. The lowest BCUT2D eigenvalue weighted by Crippen LogP contribution is -2.17. The van der Waals surface area contributed by atoms with Crippen molar-refractivity contribution in [2.24, 2.45) is 5.14 Å². The van der Waals surface area contributed by atoms with E-state index in [9.17, 15) is 26.4 Å². The molecule has 1 aromatic carbocycles. The van der Waals surface area contributed by atoms with E-state index in [0.29, 0.717) is 0 Å². The molecule has 0 unspecified atom stereocenters. The van der Waals surface area contributed by atoms with Gasteiger partial charge < -0.3 is 10.1 Å². The van der Waals surface area contributed by atoms with E-state index in [1.54, 1.807) is 0 Å². The summed E-state index contributed by atoms with van der Waals surface area (Å²) in [7, 11) is -4.18. The number of carbonyl (C=O) groups excluding carboxylic acids is 1. The van der Waals surface area contributed by atoms with Gasteiger partial charge in [0.25, 0.3) is 6.43 Å². The molecule has 0 aliphatic carbocycles. The fourth-order valence-corrected chi connectivity index (χ4v) is 1.96. The standard InChI is InChI=1S/C11H13F3N2O4S/c12-8-5-7(1-2-9(8)21(15,18)19)16-11(17)3-4-20-6-10(13)14/h1-2,5,10H,3-4,6H2,(H,16,17)(H2,15,18,19). The molecule has 0 heterocycles. The van der Waals surface area contributed by atoms with E-state index >= 15 is 0 Å². The number of hydrogen-bond acceptors (Lipinski definition) is 4. The van der Waals surface area contributed by atoms with Gasteiger partial charge in [-0.05, 0) is 18.2 Å². The second-order valence-corrected chi connectivity index (χ2v) is 5.48. The van der Waals surface area contributed by atoms with Gasteiger partial charge in [-0.15, -0.1) is 0 Å². The number of rotatable bonds is 7. The third kappa shape index (κ3) is 6.10. The Morgan fingerprint density at radius 1 is 1.38 bits per heavy atom. The highest BCUT2D eigenvalue weighted by Crippen LogP contribution is 2.17. The van der Waals surface area contributed by atoms with E-state index in [1.165, 1.54) is 0 Å². The van der Waals surface area contributed by atoms with Gasteiger partial charge in [-0.3, -0.25) is 4.79 Å². The van der Waals surface area contributed by atoms with Crippen LogP contribution in [0.5, 0.6) is 0 Å². The molecular formula is C11H13F3N2O4S. The number of nitrogens with one attached hydrogen (secondary N) is 1. The van der Waals surface area contributed by atoms with E-state index in [-0.39, 0.29) is 18.7 Å². The van der Waals surface area contributed by atoms with Gasteiger partial charge in [-0.2, -0.15) is 0 Å². The molecule has 1 amide bonds. The van der Waals surface area contributed by atoms with Crippen LogP contribution in [-0.2, 0) is 19.6 Å². The van der Waals surface area contributed by atoms with Gasteiger partial charge in [-0.25, -0.2) is 26.7 Å². The van der Waals surface area contributed by atoms with E-state index in [2.05, 4.69) is 10.1 Å². The summed E-state index contributed by atoms with van der Waals surface area (Å²) in [5.41, 5.74) is 0.0127. The molecule has 0 spiro atoms. The van der Waals surface area contributed by atoms with Gasteiger partial charge in [0.1, 0.15) is 17.3 Å². The Morgan fingerprint density at radius 2 is 2.05 bits per heavy atom. The second-order valence-electron chi connectivity index (χ2n) is 3.95. The average molecular weight is 326 g/mol. The predicted octanol–water partition coefficient (Wildman–Crippen LogP) is 1.08. The second kappa shape index (κ2) is 7.38. The molecule has 0 radical (unpaired) electrons. The zero-order valence-electron chi connectivity index (χ0n) is 10.7. The summed E-state index contributed by atoms with van der Waals surface area (Å²) in [6, 6.07) is 2.85. The van der Waals surface area contributed by atoms with E-state index in [0.717, 1.165) is 18.2 Å². The van der Waals surface area contributed by atoms with Crippen molar-refractivity contribution in [2.75, 3.05) is 18.5 Å². The first-order chi connectivity index (χ1) is 9.70. The number of ether oxygens (including phenoxy) is 1. The Balaban J connectivity index is 2.56. The fraction of sp³-hybridized carbons (Fsp3) is 0.364. The van der Waals surface area contributed by atoms with E-state index in [1.807, 2.05) is 0 Å². The monoisotopic (exact) mass is 326 g/mol. The third-order valence-corrected chi connectivity index (χ3v) is 3.18. The van der Waals surface area contributed by atoms with Crippen LogP contribution < -0.4 is 10.5 Å². The number of carbonyl (C=O) groups is 1. The third-order valence-electron chi connectivity index (χ3n) is 2.24. The van der Waals surface area contributed by atoms with Crippen LogP contribution in [0.3, 0.4) is 0 Å². The molecule has 6 nitrogen and oxygen atoms in total. The lowest BCUT2D eigenvalue weighted by atomic mass is 10.3. The van der Waals surface area contributed by atoms with Crippen molar-refractivity contribution in [3.8, 4) is 0 Å². The van der Waals surface area contributed by atoms with Crippen LogP contribution in [0, 0.1) is 5.82 Å². The van der Waals surface area contributed by atoms with Gasteiger partial charge in [0, 0.05) is 5.69 Å². The number of alkyl halides is 2. The van der Waals surface area contributed by atoms with Crippen molar-refractivity contribution in [3.63, 3.8) is 0 Å². The highest BCUT2D eigenvalue weighted by atomic mass is 32.2. The fourth-order valence-electron chi connectivity index (χ4n) is 1.37. The first-order valence-corrected chi connectivity index (χ1v) is 7.23. The maximum absolute atomic E-state index is 13.5.